The van der Waals surface area contributed by atoms with Crippen LogP contribution in [-0.4, -0.2) is 17.5 Å². The van der Waals surface area contributed by atoms with Gasteiger partial charge in [0, 0.05) is 6.54 Å². The molecule has 0 saturated carbocycles. The molecule has 0 atom stereocenters. The zero-order valence-corrected chi connectivity index (χ0v) is 9.35. The van der Waals surface area contributed by atoms with E-state index in [1.807, 2.05) is 13.0 Å². The zero-order chi connectivity index (χ0) is 11.5. The molecule has 0 aliphatic heterocycles. The van der Waals surface area contributed by atoms with Gasteiger partial charge < -0.3 is 10.1 Å². The lowest BCUT2D eigenvalue weighted by molar-refractivity contribution is -0.0487. The van der Waals surface area contributed by atoms with E-state index in [1.165, 1.54) is 17.6 Å². The molecule has 1 aromatic carbocycles. The Morgan fingerprint density at radius 1 is 1.50 bits per heavy atom. The van der Waals surface area contributed by atoms with Gasteiger partial charge in [0.15, 0.2) is 5.82 Å². The van der Waals surface area contributed by atoms with Crippen molar-refractivity contribution in [3.63, 3.8) is 0 Å². The lowest BCUT2D eigenvalue weighted by Crippen LogP contribution is -2.03. The fraction of sp³-hybridized carbons (Fsp3) is 0.300. The highest BCUT2D eigenvalue weighted by Gasteiger charge is 2.13. The van der Waals surface area contributed by atoms with Gasteiger partial charge in [-0.05, 0) is 30.6 Å². The molecular formula is C10H10F2N2OS. The predicted octanol–water partition coefficient (Wildman–Crippen LogP) is 3.33. The molecule has 0 bridgehead atoms. The number of aromatic nitrogens is 1. The zero-order valence-electron chi connectivity index (χ0n) is 8.54. The number of alkyl halides is 2. The van der Waals surface area contributed by atoms with Crippen LogP contribution in [0.1, 0.15) is 6.92 Å². The van der Waals surface area contributed by atoms with Gasteiger partial charge in [-0.25, -0.2) is 0 Å². The van der Waals surface area contributed by atoms with Gasteiger partial charge >= 0.3 is 6.61 Å². The van der Waals surface area contributed by atoms with E-state index in [4.69, 9.17) is 0 Å². The number of anilines is 1. The number of fused-ring (bicyclic) bond motifs is 1. The first-order valence-electron chi connectivity index (χ1n) is 4.79. The van der Waals surface area contributed by atoms with Gasteiger partial charge in [-0.3, -0.25) is 0 Å². The Morgan fingerprint density at radius 2 is 2.31 bits per heavy atom. The lowest BCUT2D eigenvalue weighted by Gasteiger charge is -2.07. The molecule has 16 heavy (non-hydrogen) atoms. The first-order chi connectivity index (χ1) is 7.72. The Morgan fingerprint density at radius 3 is 3.00 bits per heavy atom. The number of ether oxygens (including phenoxy) is 1. The van der Waals surface area contributed by atoms with Crippen molar-refractivity contribution >= 4 is 27.4 Å². The number of nitrogens with one attached hydrogen (secondary N) is 1. The van der Waals surface area contributed by atoms with Gasteiger partial charge in [0.25, 0.3) is 0 Å². The van der Waals surface area contributed by atoms with Crippen molar-refractivity contribution in [2.75, 3.05) is 11.9 Å². The number of halogens is 2. The first kappa shape index (κ1) is 11.1. The molecule has 2 rings (SSSR count). The summed E-state index contributed by atoms with van der Waals surface area (Å²) in [5, 5.41) is 3.64. The van der Waals surface area contributed by atoms with Gasteiger partial charge in [-0.2, -0.15) is 13.2 Å². The first-order valence-corrected chi connectivity index (χ1v) is 5.56. The Bertz CT molecular complexity index is 487. The summed E-state index contributed by atoms with van der Waals surface area (Å²) in [5.41, 5.74) is 0. The topological polar surface area (TPSA) is 34.2 Å². The number of rotatable bonds is 4. The minimum atomic E-state index is -2.82. The summed E-state index contributed by atoms with van der Waals surface area (Å²) in [4.78, 5) is 0. The van der Waals surface area contributed by atoms with E-state index in [1.54, 1.807) is 6.07 Å². The minimum Gasteiger partial charge on any atom is -0.434 e. The van der Waals surface area contributed by atoms with Crippen molar-refractivity contribution in [2.45, 2.75) is 13.5 Å². The predicted molar refractivity (Wildman–Crippen MR) is 60.4 cm³/mol. The molecule has 6 heteroatoms. The van der Waals surface area contributed by atoms with Gasteiger partial charge in [-0.15, -0.1) is 0 Å². The maximum Gasteiger partial charge on any atom is 0.387 e. The van der Waals surface area contributed by atoms with Gasteiger partial charge in [-0.1, -0.05) is 6.07 Å². The molecule has 1 heterocycles. The normalized spacial score (nSPS) is 11.0. The summed E-state index contributed by atoms with van der Waals surface area (Å²) in [6.45, 7) is -0.219. The second-order valence-electron chi connectivity index (χ2n) is 3.07. The van der Waals surface area contributed by atoms with Gasteiger partial charge in [0.1, 0.15) is 5.75 Å². The van der Waals surface area contributed by atoms with Crippen LogP contribution in [-0.2, 0) is 0 Å². The van der Waals surface area contributed by atoms with Crippen molar-refractivity contribution in [1.82, 2.24) is 4.37 Å². The van der Waals surface area contributed by atoms with Crippen molar-refractivity contribution < 1.29 is 13.5 Å². The molecule has 86 valence electrons. The second-order valence-corrected chi connectivity index (χ2v) is 3.87. The van der Waals surface area contributed by atoms with E-state index in [0.29, 0.717) is 17.7 Å². The van der Waals surface area contributed by atoms with Crippen LogP contribution >= 0.6 is 11.5 Å². The standard InChI is InChI=1S/C10H10F2N2OS/c1-2-13-9-8-6(15-10(11)12)4-3-5-7(8)16-14-9/h3-5,10H,2H2,1H3,(H,13,14). The second kappa shape index (κ2) is 4.61. The lowest BCUT2D eigenvalue weighted by atomic mass is 10.2. The van der Waals surface area contributed by atoms with Crippen LogP contribution in [0.2, 0.25) is 0 Å². The minimum absolute atomic E-state index is 0.164. The van der Waals surface area contributed by atoms with Crippen molar-refractivity contribution in [3.8, 4) is 5.75 Å². The fourth-order valence-corrected chi connectivity index (χ4v) is 2.22. The highest BCUT2D eigenvalue weighted by Crippen LogP contribution is 2.35. The number of nitrogens with zero attached hydrogens (tertiary/aromatic N) is 1. The van der Waals surface area contributed by atoms with Crippen LogP contribution in [0.15, 0.2) is 18.2 Å². The van der Waals surface area contributed by atoms with Gasteiger partial charge in [0.2, 0.25) is 0 Å². The Hall–Kier alpha value is -1.43. The van der Waals surface area contributed by atoms with E-state index in [2.05, 4.69) is 14.4 Å². The number of hydrogen-bond donors (Lipinski definition) is 1. The molecule has 0 spiro atoms. The highest BCUT2D eigenvalue weighted by molar-refractivity contribution is 7.13. The number of benzene rings is 1. The largest absolute Gasteiger partial charge is 0.434 e. The van der Waals surface area contributed by atoms with Crippen LogP contribution in [0.3, 0.4) is 0 Å². The van der Waals surface area contributed by atoms with E-state index >= 15 is 0 Å². The molecule has 0 radical (unpaired) electrons. The third kappa shape index (κ3) is 2.06. The average molecular weight is 244 g/mol. The van der Waals surface area contributed by atoms with E-state index in [9.17, 15) is 8.78 Å². The molecule has 0 fully saturated rings. The Kier molecular flexibility index (Phi) is 3.19. The molecule has 0 saturated heterocycles. The molecule has 1 N–H and O–H groups in total. The molecule has 3 nitrogen and oxygen atoms in total. The molecular weight excluding hydrogens is 234 g/mol. The summed E-state index contributed by atoms with van der Waals surface area (Å²) in [6, 6.07) is 5.02. The van der Waals surface area contributed by atoms with E-state index in [0.717, 1.165) is 4.70 Å². The molecule has 0 aliphatic rings. The van der Waals surface area contributed by atoms with Crippen molar-refractivity contribution in [1.29, 1.82) is 0 Å². The van der Waals surface area contributed by atoms with Gasteiger partial charge in [0.05, 0.1) is 10.1 Å². The van der Waals surface area contributed by atoms with Crippen LogP contribution in [0.4, 0.5) is 14.6 Å². The summed E-state index contributed by atoms with van der Waals surface area (Å²) >= 11 is 1.26. The maximum absolute atomic E-state index is 12.2. The summed E-state index contributed by atoms with van der Waals surface area (Å²) < 4.78 is 33.9. The van der Waals surface area contributed by atoms with Crippen LogP contribution < -0.4 is 10.1 Å². The molecule has 2 aromatic rings. The van der Waals surface area contributed by atoms with Crippen LogP contribution in [0, 0.1) is 0 Å². The van der Waals surface area contributed by atoms with Crippen LogP contribution in [0.25, 0.3) is 10.1 Å². The highest BCUT2D eigenvalue weighted by atomic mass is 32.1. The summed E-state index contributed by atoms with van der Waals surface area (Å²) in [7, 11) is 0. The summed E-state index contributed by atoms with van der Waals surface area (Å²) in [5.74, 6) is 0.760. The quantitative estimate of drug-likeness (QED) is 0.895. The fourth-order valence-electron chi connectivity index (χ4n) is 1.44. The molecule has 0 amide bonds. The monoisotopic (exact) mass is 244 g/mol. The molecule has 1 aromatic heterocycles. The smallest absolute Gasteiger partial charge is 0.387 e. The van der Waals surface area contributed by atoms with E-state index < -0.39 is 6.61 Å². The molecule has 0 aliphatic carbocycles. The molecule has 0 unspecified atom stereocenters. The maximum atomic E-state index is 12.2. The third-order valence-electron chi connectivity index (χ3n) is 2.02. The van der Waals surface area contributed by atoms with Crippen molar-refractivity contribution in [2.24, 2.45) is 0 Å². The van der Waals surface area contributed by atoms with Crippen molar-refractivity contribution in [3.05, 3.63) is 18.2 Å². The van der Waals surface area contributed by atoms with E-state index in [-0.39, 0.29) is 5.75 Å². The summed E-state index contributed by atoms with van der Waals surface area (Å²) in [6.07, 6.45) is 0. The number of hydrogen-bond acceptors (Lipinski definition) is 4. The third-order valence-corrected chi connectivity index (χ3v) is 2.83. The SMILES string of the molecule is CCNc1nsc2cccc(OC(F)F)c12. The Labute approximate surface area is 95.2 Å². The van der Waals surface area contributed by atoms with Crippen LogP contribution in [0.5, 0.6) is 5.75 Å². The Balaban J connectivity index is 2.50. The average Bonchev–Trinajstić information content (AvgIpc) is 2.62.